The largest absolute Gasteiger partial charge is 0.508 e. The standard InChI is InChI=1S/C22H21N3O2/c26-17-5-3-4-15(10-17)20-6-1-2-7-21-18-9-8-14(16-12-23-24-13-16)11-19(18)22(27)25(20)21/h3-5,8-13,20-21,26H,1-2,6-7H2,(H,23,24). The van der Waals surface area contributed by atoms with Gasteiger partial charge in [0.05, 0.1) is 18.3 Å². The lowest BCUT2D eigenvalue weighted by Gasteiger charge is -2.31. The smallest absolute Gasteiger partial charge is 0.255 e. The van der Waals surface area contributed by atoms with E-state index in [4.69, 9.17) is 0 Å². The van der Waals surface area contributed by atoms with Gasteiger partial charge in [0.2, 0.25) is 0 Å². The number of phenols is 1. The predicted molar refractivity (Wildman–Crippen MR) is 102 cm³/mol. The second-order valence-corrected chi connectivity index (χ2v) is 7.41. The molecule has 2 aliphatic rings. The summed E-state index contributed by atoms with van der Waals surface area (Å²) < 4.78 is 0. The van der Waals surface area contributed by atoms with Crippen molar-refractivity contribution in [2.75, 3.05) is 0 Å². The van der Waals surface area contributed by atoms with E-state index in [0.29, 0.717) is 0 Å². The van der Waals surface area contributed by atoms with Crippen LogP contribution in [0, 0.1) is 0 Å². The van der Waals surface area contributed by atoms with Crippen LogP contribution in [0.3, 0.4) is 0 Å². The van der Waals surface area contributed by atoms with Crippen molar-refractivity contribution in [3.63, 3.8) is 0 Å². The number of fused-ring (bicyclic) bond motifs is 3. The zero-order valence-corrected chi connectivity index (χ0v) is 14.9. The molecule has 0 bridgehead atoms. The van der Waals surface area contributed by atoms with E-state index in [1.807, 2.05) is 29.3 Å². The topological polar surface area (TPSA) is 69.2 Å². The molecule has 2 atom stereocenters. The molecule has 2 aromatic carbocycles. The molecule has 2 aliphatic heterocycles. The lowest BCUT2D eigenvalue weighted by atomic mass is 9.97. The Kier molecular flexibility index (Phi) is 3.74. The molecule has 1 aromatic heterocycles. The lowest BCUT2D eigenvalue weighted by Crippen LogP contribution is -2.31. The van der Waals surface area contributed by atoms with E-state index in [-0.39, 0.29) is 23.7 Å². The molecule has 0 radical (unpaired) electrons. The van der Waals surface area contributed by atoms with Crippen LogP contribution in [0.2, 0.25) is 0 Å². The van der Waals surface area contributed by atoms with E-state index in [2.05, 4.69) is 22.3 Å². The molecular weight excluding hydrogens is 338 g/mol. The Morgan fingerprint density at radius 1 is 1.04 bits per heavy atom. The normalized spacial score (nSPS) is 21.6. The van der Waals surface area contributed by atoms with Crippen LogP contribution in [0.5, 0.6) is 5.75 Å². The minimum Gasteiger partial charge on any atom is -0.508 e. The third-order valence-corrected chi connectivity index (χ3v) is 5.84. The molecule has 0 spiro atoms. The first-order chi connectivity index (χ1) is 13.2. The molecule has 1 saturated heterocycles. The number of amides is 1. The number of carbonyl (C=O) groups excluding carboxylic acids is 1. The summed E-state index contributed by atoms with van der Waals surface area (Å²) in [5.41, 5.74) is 4.92. The molecule has 0 saturated carbocycles. The van der Waals surface area contributed by atoms with E-state index in [1.165, 1.54) is 0 Å². The third kappa shape index (κ3) is 2.62. The van der Waals surface area contributed by atoms with Crippen LogP contribution in [-0.4, -0.2) is 26.1 Å². The molecule has 5 heteroatoms. The van der Waals surface area contributed by atoms with Crippen molar-refractivity contribution in [3.05, 3.63) is 71.5 Å². The highest BCUT2D eigenvalue weighted by Crippen LogP contribution is 2.47. The van der Waals surface area contributed by atoms with Crippen molar-refractivity contribution in [2.24, 2.45) is 0 Å². The van der Waals surface area contributed by atoms with Crippen LogP contribution in [0.1, 0.15) is 59.3 Å². The van der Waals surface area contributed by atoms with E-state index in [1.54, 1.807) is 18.3 Å². The molecule has 3 heterocycles. The number of phenolic OH excluding ortho intramolecular Hbond substituents is 1. The second-order valence-electron chi connectivity index (χ2n) is 7.41. The predicted octanol–water partition coefficient (Wildman–Crippen LogP) is 4.59. The number of aromatic hydroxyl groups is 1. The second kappa shape index (κ2) is 6.27. The number of rotatable bonds is 2. The van der Waals surface area contributed by atoms with Gasteiger partial charge in [-0.15, -0.1) is 0 Å². The van der Waals surface area contributed by atoms with E-state index < -0.39 is 0 Å². The van der Waals surface area contributed by atoms with Gasteiger partial charge in [0.15, 0.2) is 0 Å². The highest BCUT2D eigenvalue weighted by atomic mass is 16.3. The van der Waals surface area contributed by atoms with Gasteiger partial charge < -0.3 is 10.0 Å². The number of hydrogen-bond donors (Lipinski definition) is 2. The maximum Gasteiger partial charge on any atom is 0.255 e. The molecule has 27 heavy (non-hydrogen) atoms. The Hall–Kier alpha value is -3.08. The summed E-state index contributed by atoms with van der Waals surface area (Å²) in [6, 6.07) is 13.6. The van der Waals surface area contributed by atoms with Crippen molar-refractivity contribution in [1.29, 1.82) is 0 Å². The summed E-state index contributed by atoms with van der Waals surface area (Å²) in [7, 11) is 0. The van der Waals surface area contributed by atoms with Crippen molar-refractivity contribution in [3.8, 4) is 16.9 Å². The van der Waals surface area contributed by atoms with E-state index >= 15 is 0 Å². The molecule has 1 fully saturated rings. The van der Waals surface area contributed by atoms with Gasteiger partial charge in [0, 0.05) is 17.3 Å². The molecule has 2 N–H and O–H groups in total. The Morgan fingerprint density at radius 3 is 2.67 bits per heavy atom. The lowest BCUT2D eigenvalue weighted by molar-refractivity contribution is 0.0628. The van der Waals surface area contributed by atoms with Gasteiger partial charge in [0.25, 0.3) is 5.91 Å². The highest BCUT2D eigenvalue weighted by molar-refractivity contribution is 6.00. The minimum atomic E-state index is 0.00174. The fourth-order valence-corrected chi connectivity index (χ4v) is 4.58. The van der Waals surface area contributed by atoms with Gasteiger partial charge in [-0.25, -0.2) is 0 Å². The molecule has 136 valence electrons. The van der Waals surface area contributed by atoms with Crippen LogP contribution in [0.15, 0.2) is 54.9 Å². The first-order valence-electron chi connectivity index (χ1n) is 9.47. The van der Waals surface area contributed by atoms with E-state index in [9.17, 15) is 9.90 Å². The van der Waals surface area contributed by atoms with Gasteiger partial charge in [-0.1, -0.05) is 37.1 Å². The van der Waals surface area contributed by atoms with Gasteiger partial charge in [0.1, 0.15) is 5.75 Å². The number of aromatic amines is 1. The first kappa shape index (κ1) is 16.1. The summed E-state index contributed by atoms with van der Waals surface area (Å²) in [4.78, 5) is 15.5. The number of nitrogens with one attached hydrogen (secondary N) is 1. The monoisotopic (exact) mass is 359 g/mol. The molecule has 5 nitrogen and oxygen atoms in total. The summed E-state index contributed by atoms with van der Waals surface area (Å²) in [5.74, 6) is 0.343. The molecular formula is C22H21N3O2. The van der Waals surface area contributed by atoms with Crippen LogP contribution in [0.25, 0.3) is 11.1 Å². The zero-order chi connectivity index (χ0) is 18.4. The number of aromatic nitrogens is 2. The summed E-state index contributed by atoms with van der Waals surface area (Å²) in [5, 5.41) is 16.8. The molecule has 5 rings (SSSR count). The highest BCUT2D eigenvalue weighted by Gasteiger charge is 2.42. The summed E-state index contributed by atoms with van der Waals surface area (Å²) in [6.45, 7) is 0. The van der Waals surface area contributed by atoms with Crippen molar-refractivity contribution < 1.29 is 9.90 Å². The Morgan fingerprint density at radius 2 is 1.89 bits per heavy atom. The first-order valence-corrected chi connectivity index (χ1v) is 9.47. The van der Waals surface area contributed by atoms with Crippen molar-refractivity contribution >= 4 is 5.91 Å². The van der Waals surface area contributed by atoms with Gasteiger partial charge >= 0.3 is 0 Å². The number of benzene rings is 2. The quantitative estimate of drug-likeness (QED) is 0.703. The number of nitrogens with zero attached hydrogens (tertiary/aromatic N) is 2. The fourth-order valence-electron chi connectivity index (χ4n) is 4.58. The van der Waals surface area contributed by atoms with E-state index in [0.717, 1.165) is 53.5 Å². The Balaban J connectivity index is 1.58. The number of carbonyl (C=O) groups is 1. The maximum atomic E-state index is 13.4. The SMILES string of the molecule is O=C1c2cc(-c3cn[nH]c3)ccc2C2CCCCC(c3cccc(O)c3)N12. The average molecular weight is 359 g/mol. The fraction of sp³-hybridized carbons (Fsp3) is 0.273. The van der Waals surface area contributed by atoms with Crippen molar-refractivity contribution in [2.45, 2.75) is 37.8 Å². The summed E-state index contributed by atoms with van der Waals surface area (Å²) in [6.07, 6.45) is 7.72. The van der Waals surface area contributed by atoms with Crippen LogP contribution < -0.4 is 0 Å². The van der Waals surface area contributed by atoms with Crippen LogP contribution in [-0.2, 0) is 0 Å². The van der Waals surface area contributed by atoms with Crippen molar-refractivity contribution in [1.82, 2.24) is 15.1 Å². The Labute approximate surface area is 157 Å². The molecule has 0 aliphatic carbocycles. The Bertz CT molecular complexity index is 997. The van der Waals surface area contributed by atoms with Crippen LogP contribution >= 0.6 is 0 Å². The zero-order valence-electron chi connectivity index (χ0n) is 14.9. The van der Waals surface area contributed by atoms with Gasteiger partial charge in [-0.05, 0) is 47.7 Å². The van der Waals surface area contributed by atoms with Gasteiger partial charge in [-0.2, -0.15) is 5.10 Å². The maximum absolute atomic E-state index is 13.4. The number of hydrogen-bond acceptors (Lipinski definition) is 3. The van der Waals surface area contributed by atoms with Crippen LogP contribution in [0.4, 0.5) is 0 Å². The molecule has 1 amide bonds. The third-order valence-electron chi connectivity index (χ3n) is 5.84. The average Bonchev–Trinajstić information content (AvgIpc) is 3.23. The molecule has 3 aromatic rings. The summed E-state index contributed by atoms with van der Waals surface area (Å²) >= 11 is 0. The number of H-pyrrole nitrogens is 1. The minimum absolute atomic E-state index is 0.00174. The molecule has 2 unspecified atom stereocenters. The van der Waals surface area contributed by atoms with Gasteiger partial charge in [-0.3, -0.25) is 9.89 Å².